The quantitative estimate of drug-likeness (QED) is 0.159. The molecule has 2 amide bonds. The van der Waals surface area contributed by atoms with E-state index in [0.717, 1.165) is 46.3 Å². The number of benzene rings is 3. The minimum Gasteiger partial charge on any atom is -0.496 e. The van der Waals surface area contributed by atoms with Crippen LogP contribution in [-0.2, 0) is 28.0 Å². The Morgan fingerprint density at radius 3 is 2.38 bits per heavy atom. The van der Waals surface area contributed by atoms with Crippen molar-refractivity contribution in [3.8, 4) is 16.9 Å². The van der Waals surface area contributed by atoms with Gasteiger partial charge in [0, 0.05) is 55.0 Å². The van der Waals surface area contributed by atoms with Crippen molar-refractivity contribution in [2.75, 3.05) is 39.3 Å². The molecule has 10 heteroatoms. The Morgan fingerprint density at radius 2 is 1.79 bits per heavy atom. The van der Waals surface area contributed by atoms with Crippen molar-refractivity contribution >= 4 is 17.5 Å². The third kappa shape index (κ3) is 8.35. The average molecular weight is 769 g/mol. The molecule has 4 fully saturated rings. The first-order chi connectivity index (χ1) is 26.4. The van der Waals surface area contributed by atoms with Crippen molar-refractivity contribution in [3.63, 3.8) is 0 Å². The Hall–Kier alpha value is -3.96. The normalized spacial score (nSPS) is 26.2. The zero-order valence-electron chi connectivity index (χ0n) is 35.1. The average Bonchev–Trinajstić information content (AvgIpc) is 3.53. The fourth-order valence-corrected chi connectivity index (χ4v) is 9.57. The van der Waals surface area contributed by atoms with E-state index in [1.165, 1.54) is 6.42 Å². The molecule has 3 aromatic carbocycles. The van der Waals surface area contributed by atoms with Crippen molar-refractivity contribution in [1.29, 1.82) is 0 Å². The van der Waals surface area contributed by atoms with Crippen molar-refractivity contribution in [2.45, 2.75) is 104 Å². The van der Waals surface area contributed by atoms with Crippen LogP contribution >= 0.6 is 0 Å². The van der Waals surface area contributed by atoms with E-state index >= 15 is 0 Å². The topological polar surface area (TPSA) is 124 Å². The van der Waals surface area contributed by atoms with Gasteiger partial charge in [0.25, 0.3) is 5.91 Å². The summed E-state index contributed by atoms with van der Waals surface area (Å²) in [6.07, 6.45) is 1.18. The van der Waals surface area contributed by atoms with Crippen LogP contribution in [0.3, 0.4) is 0 Å². The molecule has 1 aliphatic heterocycles. The first-order valence-corrected chi connectivity index (χ1v) is 20.3. The molecule has 3 saturated carbocycles. The maximum absolute atomic E-state index is 14.4. The second kappa shape index (κ2) is 16.5. The van der Waals surface area contributed by atoms with E-state index in [2.05, 4.69) is 82.5 Å². The molecule has 56 heavy (non-hydrogen) atoms. The van der Waals surface area contributed by atoms with E-state index in [0.29, 0.717) is 35.6 Å². The van der Waals surface area contributed by atoms with Crippen LogP contribution in [-0.4, -0.2) is 85.7 Å². The van der Waals surface area contributed by atoms with Crippen LogP contribution < -0.4 is 20.3 Å². The van der Waals surface area contributed by atoms with Gasteiger partial charge in [0.15, 0.2) is 0 Å². The third-order valence-electron chi connectivity index (χ3n) is 13.2. The van der Waals surface area contributed by atoms with Gasteiger partial charge in [-0.1, -0.05) is 77.9 Å². The molecule has 3 aromatic rings. The number of rotatable bonds is 13. The fourth-order valence-electron chi connectivity index (χ4n) is 9.57. The predicted octanol–water partition coefficient (Wildman–Crippen LogP) is 6.36. The fraction of sp³-hybridized carbons (Fsp3) is 0.565. The lowest BCUT2D eigenvalue weighted by atomic mass is 9.45. The highest BCUT2D eigenvalue weighted by Gasteiger charge is 2.57. The minimum atomic E-state index is -0.909. The number of aliphatic hydroxyl groups is 2. The predicted molar refractivity (Wildman–Crippen MR) is 221 cm³/mol. The zero-order valence-corrected chi connectivity index (χ0v) is 35.1. The number of ether oxygens (including phenoxy) is 1. The highest BCUT2D eigenvalue weighted by Crippen LogP contribution is 2.61. The Morgan fingerprint density at radius 1 is 1.07 bits per heavy atom. The van der Waals surface area contributed by atoms with Crippen LogP contribution in [0.15, 0.2) is 60.7 Å². The number of aliphatic hydroxyl groups excluding tert-OH is 2. The summed E-state index contributed by atoms with van der Waals surface area (Å²) in [7, 11) is 5.54. The van der Waals surface area contributed by atoms with Gasteiger partial charge in [-0.3, -0.25) is 14.4 Å². The van der Waals surface area contributed by atoms with Gasteiger partial charge in [0.1, 0.15) is 17.9 Å². The van der Waals surface area contributed by atoms with Gasteiger partial charge in [-0.2, -0.15) is 5.06 Å². The number of carbonyl (C=O) groups is 2. The summed E-state index contributed by atoms with van der Waals surface area (Å²) in [5.41, 5.74) is 6.01. The summed E-state index contributed by atoms with van der Waals surface area (Å²) >= 11 is 0. The second-order valence-electron chi connectivity index (χ2n) is 18.4. The number of hydroxylamine groups is 2. The summed E-state index contributed by atoms with van der Waals surface area (Å²) in [4.78, 5) is 36.5. The van der Waals surface area contributed by atoms with Gasteiger partial charge in [0.2, 0.25) is 5.91 Å². The Labute approximate surface area is 333 Å². The molecular formula is C46H64N4O6. The monoisotopic (exact) mass is 768 g/mol. The maximum Gasteiger partial charge on any atom is 0.251 e. The zero-order chi connectivity index (χ0) is 40.7. The minimum absolute atomic E-state index is 0.0306. The first-order valence-electron chi connectivity index (χ1n) is 20.3. The van der Waals surface area contributed by atoms with E-state index in [1.54, 1.807) is 19.1 Å². The van der Waals surface area contributed by atoms with Crippen LogP contribution in [0.1, 0.15) is 88.4 Å². The van der Waals surface area contributed by atoms with E-state index in [-0.39, 0.29) is 41.8 Å². The van der Waals surface area contributed by atoms with Gasteiger partial charge in [0.05, 0.1) is 26.4 Å². The van der Waals surface area contributed by atoms with Gasteiger partial charge in [-0.15, -0.1) is 0 Å². The van der Waals surface area contributed by atoms with Gasteiger partial charge < -0.3 is 30.5 Å². The highest BCUT2D eigenvalue weighted by atomic mass is 16.7. The van der Waals surface area contributed by atoms with Crippen molar-refractivity contribution in [2.24, 2.45) is 29.1 Å². The Bertz CT molecular complexity index is 1870. The Kier molecular flexibility index (Phi) is 12.3. The number of anilines is 1. The summed E-state index contributed by atoms with van der Waals surface area (Å²) in [6.45, 7) is 15.4. The molecule has 10 nitrogen and oxygen atoms in total. The van der Waals surface area contributed by atoms with Crippen molar-refractivity contribution in [3.05, 3.63) is 82.9 Å². The molecule has 4 aliphatic rings. The molecule has 1 saturated heterocycles. The number of hydrogen-bond acceptors (Lipinski definition) is 8. The first kappa shape index (κ1) is 41.7. The number of fused-ring (bicyclic) bond motifs is 2. The van der Waals surface area contributed by atoms with E-state index < -0.39 is 24.2 Å². The number of nitrogens with one attached hydrogen (secondary N) is 2. The molecule has 8 atom stereocenters. The second-order valence-corrected chi connectivity index (χ2v) is 18.4. The van der Waals surface area contributed by atoms with Crippen LogP contribution in [0.5, 0.6) is 5.75 Å². The number of hydrogen-bond donors (Lipinski definition) is 4. The molecule has 1 heterocycles. The molecule has 2 bridgehead atoms. The summed E-state index contributed by atoms with van der Waals surface area (Å²) in [5.74, 6) is 1.03. The van der Waals surface area contributed by atoms with Crippen molar-refractivity contribution in [1.82, 2.24) is 15.7 Å². The lowest BCUT2D eigenvalue weighted by Gasteiger charge is -2.62. The van der Waals surface area contributed by atoms with Gasteiger partial charge in [-0.25, -0.2) is 0 Å². The molecule has 3 aliphatic carbocycles. The smallest absolute Gasteiger partial charge is 0.251 e. The van der Waals surface area contributed by atoms with Gasteiger partial charge >= 0.3 is 0 Å². The largest absolute Gasteiger partial charge is 0.496 e. The third-order valence-corrected chi connectivity index (χ3v) is 13.2. The lowest BCUT2D eigenvalue weighted by Crippen LogP contribution is -2.62. The molecule has 0 unspecified atom stereocenters. The van der Waals surface area contributed by atoms with Gasteiger partial charge in [-0.05, 0) is 95.7 Å². The molecular weight excluding hydrogens is 705 g/mol. The van der Waals surface area contributed by atoms with Crippen LogP contribution in [0.2, 0.25) is 0 Å². The molecule has 0 aromatic heterocycles. The van der Waals surface area contributed by atoms with E-state index in [9.17, 15) is 19.8 Å². The SMILES string of the molecule is COc1c(CN2O[C@@H](CO)[C@@H]([C@H](C)O)[C@H]2C(=O)N[C@H]2C[C@H]3C[C@@H]([C@@H]2C)C3(C)C)cc(C(C)(C)C)cc1-c1cc(C(=O)NCCc2ccccc2)cc(N(C)C)c1. The number of methoxy groups -OCH3 is 1. The number of amides is 2. The molecule has 304 valence electrons. The molecule has 0 radical (unpaired) electrons. The molecule has 0 spiro atoms. The van der Waals surface area contributed by atoms with Crippen LogP contribution in [0.25, 0.3) is 11.1 Å². The van der Waals surface area contributed by atoms with E-state index in [1.807, 2.05) is 49.3 Å². The maximum atomic E-state index is 14.4. The molecule has 4 N–H and O–H groups in total. The Balaban J connectivity index is 1.35. The van der Waals surface area contributed by atoms with E-state index in [4.69, 9.17) is 9.57 Å². The number of carbonyl (C=O) groups excluding carboxylic acids is 2. The van der Waals surface area contributed by atoms with Crippen molar-refractivity contribution < 1.29 is 29.4 Å². The summed E-state index contributed by atoms with van der Waals surface area (Å²) in [6, 6.07) is 19.3. The number of nitrogens with zero attached hydrogens (tertiary/aromatic N) is 2. The summed E-state index contributed by atoms with van der Waals surface area (Å²) < 4.78 is 6.22. The highest BCUT2D eigenvalue weighted by molar-refractivity contribution is 5.97. The standard InChI is InChI=1S/C46H64N4O6/c1-27-37-23-34(46(37,6)7)24-38(27)48-44(54)41-40(28(2)52)39(26-51)56-50(41)25-32-19-33(45(3,4)5)22-36(42(32)55-10)30-18-31(21-35(20-30)49(8)9)43(53)47-17-16-29-14-12-11-13-15-29/h11-15,18-22,27-28,34,37-41,51-52H,16-17,23-26H2,1-10H3,(H,47,53)(H,48,54)/t27-,28-,34+,37-,38-,39-,40+,41-/m0/s1. The molecule has 7 rings (SSSR count). The summed E-state index contributed by atoms with van der Waals surface area (Å²) in [5, 5.41) is 29.7. The lowest BCUT2D eigenvalue weighted by molar-refractivity contribution is -0.183. The van der Waals surface area contributed by atoms with Crippen LogP contribution in [0.4, 0.5) is 5.69 Å². The van der Waals surface area contributed by atoms with Crippen LogP contribution in [0, 0.1) is 29.1 Å².